The van der Waals surface area contributed by atoms with Crippen molar-refractivity contribution in [2.45, 2.75) is 0 Å². The molecule has 0 bridgehead atoms. The van der Waals surface area contributed by atoms with Crippen LogP contribution in [0, 0.1) is 6.07 Å². The van der Waals surface area contributed by atoms with Crippen molar-refractivity contribution in [1.29, 1.82) is 0 Å². The Kier molecular flexibility index (Phi) is 3.16. The number of hydrogen-bond donors (Lipinski definition) is 0. The van der Waals surface area contributed by atoms with E-state index in [2.05, 4.69) is 11.1 Å². The minimum Gasteiger partial charge on any atom is -0.481 e. The van der Waals surface area contributed by atoms with E-state index in [1.165, 1.54) is 0 Å². The van der Waals surface area contributed by atoms with E-state index in [1.54, 1.807) is 0 Å². The molecular weight excluding hydrogens is 252 g/mol. The van der Waals surface area contributed by atoms with E-state index in [9.17, 15) is 0 Å². The molecule has 74 valence electrons. The summed E-state index contributed by atoms with van der Waals surface area (Å²) < 4.78 is 5.61. The predicted octanol–water partition coefficient (Wildman–Crippen LogP) is 3.29. The number of fused-ring (bicyclic) bond motifs is 1. The molecule has 0 aliphatic carbocycles. The Morgan fingerprint density at radius 2 is 1.81 bits per heavy atom. The van der Waals surface area contributed by atoms with Crippen LogP contribution in [0.1, 0.15) is 0 Å². The van der Waals surface area contributed by atoms with E-state index < -0.39 is 0 Å². The van der Waals surface area contributed by atoms with Gasteiger partial charge in [-0.15, -0.1) is 30.3 Å². The van der Waals surface area contributed by atoms with Crippen LogP contribution in [0.25, 0.3) is 22.6 Å². The largest absolute Gasteiger partial charge is 0.481 e. The molecule has 1 aromatic heterocycles. The van der Waals surface area contributed by atoms with Crippen LogP contribution < -0.4 is 0 Å². The molecule has 0 radical (unpaired) electrons. The van der Waals surface area contributed by atoms with Crippen LogP contribution in [0.2, 0.25) is 0 Å². The van der Waals surface area contributed by atoms with Gasteiger partial charge in [0.15, 0.2) is 0 Å². The fourth-order valence-corrected chi connectivity index (χ4v) is 1.51. The molecule has 0 aliphatic heterocycles. The van der Waals surface area contributed by atoms with Crippen molar-refractivity contribution in [2.75, 3.05) is 0 Å². The van der Waals surface area contributed by atoms with Crippen LogP contribution in [-0.4, -0.2) is 4.98 Å². The summed E-state index contributed by atoms with van der Waals surface area (Å²) >= 11 is 0. The first-order valence-corrected chi connectivity index (χ1v) is 4.76. The van der Waals surface area contributed by atoms with E-state index in [4.69, 9.17) is 4.42 Å². The Hall–Kier alpha value is -1.47. The first-order valence-electron chi connectivity index (χ1n) is 4.76. The summed E-state index contributed by atoms with van der Waals surface area (Å²) in [5, 5.41) is 0. The number of benzene rings is 2. The molecule has 0 aliphatic rings. The second-order valence-electron chi connectivity index (χ2n) is 3.26. The fourth-order valence-electron chi connectivity index (χ4n) is 1.51. The second-order valence-corrected chi connectivity index (χ2v) is 3.26. The van der Waals surface area contributed by atoms with Gasteiger partial charge in [-0.3, -0.25) is 4.98 Å². The molecule has 2 nitrogen and oxygen atoms in total. The summed E-state index contributed by atoms with van der Waals surface area (Å²) in [5.41, 5.74) is 2.57. The molecule has 0 unspecified atom stereocenters. The molecule has 0 spiro atoms. The number of para-hydroxylation sites is 2. The van der Waals surface area contributed by atoms with Crippen LogP contribution in [0.15, 0.2) is 52.9 Å². The molecule has 3 rings (SSSR count). The van der Waals surface area contributed by atoms with E-state index >= 15 is 0 Å². The third kappa shape index (κ3) is 1.91. The van der Waals surface area contributed by atoms with Crippen molar-refractivity contribution < 1.29 is 23.9 Å². The second kappa shape index (κ2) is 4.58. The standard InChI is InChI=1S/C13H8NO.Zn/c1-2-6-10(7-3-1)13-14-11-8-4-5-9-12(11)15-13;/h1-6,8-9H;/q-1;. The zero-order chi connectivity index (χ0) is 10.1. The molecule has 0 fully saturated rings. The first kappa shape index (κ1) is 11.0. The smallest absolute Gasteiger partial charge is 0.141 e. The van der Waals surface area contributed by atoms with Gasteiger partial charge in [0.25, 0.3) is 0 Å². The van der Waals surface area contributed by atoms with Crippen LogP contribution in [-0.2, 0) is 19.5 Å². The molecule has 3 aromatic rings. The van der Waals surface area contributed by atoms with Crippen molar-refractivity contribution >= 4 is 11.1 Å². The number of rotatable bonds is 1. The van der Waals surface area contributed by atoms with Gasteiger partial charge in [-0.25, -0.2) is 0 Å². The normalized spacial score (nSPS) is 10.0. The topological polar surface area (TPSA) is 26.0 Å². The van der Waals surface area contributed by atoms with Crippen LogP contribution in [0.4, 0.5) is 0 Å². The van der Waals surface area contributed by atoms with Gasteiger partial charge in [0.05, 0.1) is 5.52 Å². The Balaban J connectivity index is 0.000000963. The van der Waals surface area contributed by atoms with Gasteiger partial charge in [-0.2, -0.15) is 0 Å². The number of oxazole rings is 1. The first-order chi connectivity index (χ1) is 7.43. The summed E-state index contributed by atoms with van der Waals surface area (Å²) in [4.78, 5) is 4.39. The van der Waals surface area contributed by atoms with Gasteiger partial charge in [-0.05, 0) is 12.1 Å². The summed E-state index contributed by atoms with van der Waals surface area (Å²) in [7, 11) is 0. The average Bonchev–Trinajstić information content (AvgIpc) is 2.74. The number of hydrogen-bond acceptors (Lipinski definition) is 2. The third-order valence-electron chi connectivity index (χ3n) is 2.23. The van der Waals surface area contributed by atoms with Crippen LogP contribution >= 0.6 is 0 Å². The summed E-state index contributed by atoms with van der Waals surface area (Å²) in [6, 6.07) is 18.5. The summed E-state index contributed by atoms with van der Waals surface area (Å²) in [6.07, 6.45) is 0. The number of nitrogens with zero attached hydrogens (tertiary/aromatic N) is 1. The van der Waals surface area contributed by atoms with Crippen molar-refractivity contribution in [1.82, 2.24) is 4.98 Å². The SMILES string of the molecule is [Zn].[c-]1ccccc1-c1nc2ccccc2o1. The van der Waals surface area contributed by atoms with Gasteiger partial charge in [0, 0.05) is 19.5 Å². The molecule has 0 saturated carbocycles. The zero-order valence-corrected chi connectivity index (χ0v) is 11.6. The maximum Gasteiger partial charge on any atom is 0.141 e. The maximum absolute atomic E-state index is 5.61. The molecule has 0 N–H and O–H groups in total. The zero-order valence-electron chi connectivity index (χ0n) is 8.68. The minimum atomic E-state index is 0. The predicted molar refractivity (Wildman–Crippen MR) is 58.3 cm³/mol. The fraction of sp³-hybridized carbons (Fsp3) is 0. The van der Waals surface area contributed by atoms with E-state index in [-0.39, 0.29) is 19.5 Å². The average molecular weight is 260 g/mol. The number of aromatic nitrogens is 1. The molecule has 0 atom stereocenters. The van der Waals surface area contributed by atoms with Gasteiger partial charge >= 0.3 is 0 Å². The molecule has 0 amide bonds. The van der Waals surface area contributed by atoms with Gasteiger partial charge < -0.3 is 4.42 Å². The van der Waals surface area contributed by atoms with Crippen molar-refractivity contribution in [3.63, 3.8) is 0 Å². The van der Waals surface area contributed by atoms with Crippen molar-refractivity contribution in [3.05, 3.63) is 54.6 Å². The Labute approximate surface area is 106 Å². The molecular formula is C13H8NOZn-. The Bertz CT molecular complexity index is 556. The maximum atomic E-state index is 5.61. The molecule has 0 saturated heterocycles. The Morgan fingerprint density at radius 3 is 2.56 bits per heavy atom. The van der Waals surface area contributed by atoms with Gasteiger partial charge in [-0.1, -0.05) is 17.7 Å². The minimum absolute atomic E-state index is 0. The Morgan fingerprint density at radius 1 is 1.00 bits per heavy atom. The van der Waals surface area contributed by atoms with E-state index in [0.29, 0.717) is 5.89 Å². The summed E-state index contributed by atoms with van der Waals surface area (Å²) in [5.74, 6) is 0.622. The quantitative estimate of drug-likeness (QED) is 0.495. The van der Waals surface area contributed by atoms with Crippen molar-refractivity contribution in [2.24, 2.45) is 0 Å². The van der Waals surface area contributed by atoms with Gasteiger partial charge in [0.2, 0.25) is 0 Å². The van der Waals surface area contributed by atoms with E-state index in [0.717, 1.165) is 16.7 Å². The molecule has 2 aromatic carbocycles. The molecule has 1 heterocycles. The monoisotopic (exact) mass is 258 g/mol. The van der Waals surface area contributed by atoms with Crippen LogP contribution in [0.5, 0.6) is 0 Å². The third-order valence-corrected chi connectivity index (χ3v) is 2.23. The molecule has 3 heteroatoms. The van der Waals surface area contributed by atoms with Crippen LogP contribution in [0.3, 0.4) is 0 Å². The van der Waals surface area contributed by atoms with E-state index in [1.807, 2.05) is 48.5 Å². The van der Waals surface area contributed by atoms with Gasteiger partial charge in [0.1, 0.15) is 11.5 Å². The molecule has 16 heavy (non-hydrogen) atoms. The van der Waals surface area contributed by atoms with Crippen molar-refractivity contribution in [3.8, 4) is 11.5 Å². The summed E-state index contributed by atoms with van der Waals surface area (Å²) in [6.45, 7) is 0.